The van der Waals surface area contributed by atoms with Crippen LogP contribution in [0.1, 0.15) is 16.7 Å². The van der Waals surface area contributed by atoms with Gasteiger partial charge in [0, 0.05) is 0 Å². The highest BCUT2D eigenvalue weighted by molar-refractivity contribution is 5.72. The van der Waals surface area contributed by atoms with Gasteiger partial charge in [-0.25, -0.2) is 0 Å². The lowest BCUT2D eigenvalue weighted by Gasteiger charge is -2.04. The summed E-state index contributed by atoms with van der Waals surface area (Å²) in [4.78, 5) is 11.2. The molecule has 0 spiro atoms. The van der Waals surface area contributed by atoms with Gasteiger partial charge in [0.25, 0.3) is 0 Å². The number of ether oxygens (including phenoxy) is 1. The molecule has 0 atom stereocenters. The number of esters is 1. The molecule has 0 aliphatic rings. The largest absolute Gasteiger partial charge is 0.469 e. The monoisotopic (exact) mass is 254 g/mol. The Balaban J connectivity index is 1.90. The zero-order chi connectivity index (χ0) is 13.5. The second-order valence-corrected chi connectivity index (χ2v) is 4.56. The maximum absolute atomic E-state index is 11.2. The maximum atomic E-state index is 11.2. The maximum Gasteiger partial charge on any atom is 0.309 e. The van der Waals surface area contributed by atoms with Gasteiger partial charge in [-0.05, 0) is 29.5 Å². The zero-order valence-electron chi connectivity index (χ0n) is 11.1. The van der Waals surface area contributed by atoms with Crippen molar-refractivity contribution in [2.24, 2.45) is 0 Å². The van der Waals surface area contributed by atoms with E-state index in [-0.39, 0.29) is 5.97 Å². The Kier molecular flexibility index (Phi) is 4.73. The molecule has 2 aromatic carbocycles. The summed E-state index contributed by atoms with van der Waals surface area (Å²) < 4.78 is 4.65. The van der Waals surface area contributed by atoms with Crippen molar-refractivity contribution in [2.75, 3.05) is 7.11 Å². The van der Waals surface area contributed by atoms with E-state index in [1.54, 1.807) is 0 Å². The van der Waals surface area contributed by atoms with Crippen molar-refractivity contribution in [1.82, 2.24) is 0 Å². The highest BCUT2D eigenvalue weighted by atomic mass is 16.5. The Morgan fingerprint density at radius 2 is 1.37 bits per heavy atom. The molecule has 0 aliphatic heterocycles. The van der Waals surface area contributed by atoms with Crippen LogP contribution in [-0.4, -0.2) is 13.1 Å². The second-order valence-electron chi connectivity index (χ2n) is 4.56. The molecule has 0 amide bonds. The van der Waals surface area contributed by atoms with Gasteiger partial charge in [0.2, 0.25) is 0 Å². The minimum atomic E-state index is -0.197. The Hall–Kier alpha value is -2.09. The van der Waals surface area contributed by atoms with Crippen molar-refractivity contribution < 1.29 is 9.53 Å². The predicted octanol–water partition coefficient (Wildman–Crippen LogP) is 3.19. The molecule has 0 N–H and O–H groups in total. The summed E-state index contributed by atoms with van der Waals surface area (Å²) in [6.07, 6.45) is 2.40. The van der Waals surface area contributed by atoms with E-state index in [0.29, 0.717) is 6.42 Å². The van der Waals surface area contributed by atoms with Crippen LogP contribution in [0.25, 0.3) is 0 Å². The van der Waals surface area contributed by atoms with Crippen LogP contribution in [0.4, 0.5) is 0 Å². The molecule has 0 bridgehead atoms. The van der Waals surface area contributed by atoms with Gasteiger partial charge < -0.3 is 4.74 Å². The van der Waals surface area contributed by atoms with E-state index in [0.717, 1.165) is 18.4 Å². The molecule has 2 rings (SSSR count). The van der Waals surface area contributed by atoms with Crippen LogP contribution in [0.3, 0.4) is 0 Å². The van der Waals surface area contributed by atoms with Gasteiger partial charge in [-0.1, -0.05) is 54.6 Å². The van der Waals surface area contributed by atoms with Gasteiger partial charge in [-0.3, -0.25) is 4.79 Å². The molecule has 0 fully saturated rings. The highest BCUT2D eigenvalue weighted by Crippen LogP contribution is 2.10. The molecule has 2 nitrogen and oxygen atoms in total. The number of hydrogen-bond acceptors (Lipinski definition) is 2. The second kappa shape index (κ2) is 6.74. The molecule has 0 unspecified atom stereocenters. The molecule has 19 heavy (non-hydrogen) atoms. The summed E-state index contributed by atoms with van der Waals surface area (Å²) in [7, 11) is 1.41. The first-order chi connectivity index (χ1) is 9.28. The Morgan fingerprint density at radius 1 is 0.842 bits per heavy atom. The van der Waals surface area contributed by atoms with Crippen LogP contribution in [0.5, 0.6) is 0 Å². The van der Waals surface area contributed by atoms with E-state index in [4.69, 9.17) is 0 Å². The van der Waals surface area contributed by atoms with Gasteiger partial charge in [0.1, 0.15) is 0 Å². The van der Waals surface area contributed by atoms with Crippen molar-refractivity contribution in [1.29, 1.82) is 0 Å². The minimum Gasteiger partial charge on any atom is -0.469 e. The fourth-order valence-corrected chi connectivity index (χ4v) is 2.00. The van der Waals surface area contributed by atoms with E-state index in [2.05, 4.69) is 41.1 Å². The summed E-state index contributed by atoms with van der Waals surface area (Å²) in [6.45, 7) is 0. The Morgan fingerprint density at radius 3 is 1.95 bits per heavy atom. The van der Waals surface area contributed by atoms with Gasteiger partial charge in [-0.15, -0.1) is 0 Å². The van der Waals surface area contributed by atoms with Crippen molar-refractivity contribution in [3.63, 3.8) is 0 Å². The first-order valence-electron chi connectivity index (χ1n) is 6.46. The SMILES string of the molecule is COC(=O)Cc1ccc(CCc2ccccc2)cc1. The Labute approximate surface area is 114 Å². The fourth-order valence-electron chi connectivity index (χ4n) is 2.00. The minimum absolute atomic E-state index is 0.197. The molecule has 0 saturated carbocycles. The molecule has 98 valence electrons. The van der Waals surface area contributed by atoms with Crippen LogP contribution in [0.2, 0.25) is 0 Å². The standard InChI is InChI=1S/C17H18O2/c1-19-17(18)13-16-11-9-15(10-12-16)8-7-14-5-3-2-4-6-14/h2-6,9-12H,7-8,13H2,1H3. The molecule has 0 heterocycles. The topological polar surface area (TPSA) is 26.3 Å². The highest BCUT2D eigenvalue weighted by Gasteiger charge is 2.02. The first-order valence-corrected chi connectivity index (χ1v) is 6.46. The van der Waals surface area contributed by atoms with Crippen LogP contribution >= 0.6 is 0 Å². The zero-order valence-corrected chi connectivity index (χ0v) is 11.1. The van der Waals surface area contributed by atoms with Crippen LogP contribution in [0, 0.1) is 0 Å². The lowest BCUT2D eigenvalue weighted by Crippen LogP contribution is -2.04. The Bertz CT molecular complexity index is 515. The number of benzene rings is 2. The van der Waals surface area contributed by atoms with Gasteiger partial charge >= 0.3 is 5.97 Å². The molecule has 0 saturated heterocycles. The fraction of sp³-hybridized carbons (Fsp3) is 0.235. The molecule has 0 radical (unpaired) electrons. The van der Waals surface area contributed by atoms with Gasteiger partial charge in [-0.2, -0.15) is 0 Å². The number of aryl methyl sites for hydroxylation is 2. The molecule has 2 heteroatoms. The molecule has 2 aromatic rings. The summed E-state index contributed by atoms with van der Waals surface area (Å²) in [5, 5.41) is 0. The van der Waals surface area contributed by atoms with E-state index < -0.39 is 0 Å². The summed E-state index contributed by atoms with van der Waals surface area (Å²) in [5.74, 6) is -0.197. The quantitative estimate of drug-likeness (QED) is 0.766. The summed E-state index contributed by atoms with van der Waals surface area (Å²) in [5.41, 5.74) is 3.63. The number of hydrogen-bond donors (Lipinski definition) is 0. The lowest BCUT2D eigenvalue weighted by molar-refractivity contribution is -0.139. The van der Waals surface area contributed by atoms with Crippen LogP contribution < -0.4 is 0 Å². The van der Waals surface area contributed by atoms with Crippen molar-refractivity contribution in [3.8, 4) is 0 Å². The van der Waals surface area contributed by atoms with E-state index >= 15 is 0 Å². The number of rotatable bonds is 5. The molecule has 0 aliphatic carbocycles. The van der Waals surface area contributed by atoms with Gasteiger partial charge in [0.05, 0.1) is 13.5 Å². The van der Waals surface area contributed by atoms with E-state index in [1.807, 2.05) is 18.2 Å². The number of carbonyl (C=O) groups excluding carboxylic acids is 1. The number of carbonyl (C=O) groups is 1. The van der Waals surface area contributed by atoms with Crippen molar-refractivity contribution >= 4 is 5.97 Å². The smallest absolute Gasteiger partial charge is 0.309 e. The third-order valence-corrected chi connectivity index (χ3v) is 3.14. The third kappa shape index (κ3) is 4.25. The van der Waals surface area contributed by atoms with Crippen molar-refractivity contribution in [3.05, 3.63) is 71.3 Å². The molecule has 0 aromatic heterocycles. The predicted molar refractivity (Wildman–Crippen MR) is 76.0 cm³/mol. The normalized spacial score (nSPS) is 10.2. The summed E-state index contributed by atoms with van der Waals surface area (Å²) in [6, 6.07) is 18.6. The van der Waals surface area contributed by atoms with Crippen LogP contribution in [-0.2, 0) is 28.8 Å². The average Bonchev–Trinajstić information content (AvgIpc) is 2.47. The average molecular weight is 254 g/mol. The first kappa shape index (κ1) is 13.3. The van der Waals surface area contributed by atoms with E-state index in [9.17, 15) is 4.79 Å². The summed E-state index contributed by atoms with van der Waals surface area (Å²) >= 11 is 0. The van der Waals surface area contributed by atoms with Crippen molar-refractivity contribution in [2.45, 2.75) is 19.3 Å². The van der Waals surface area contributed by atoms with Crippen LogP contribution in [0.15, 0.2) is 54.6 Å². The third-order valence-electron chi connectivity index (χ3n) is 3.14. The van der Waals surface area contributed by atoms with E-state index in [1.165, 1.54) is 18.2 Å². The number of methoxy groups -OCH3 is 1. The molecular formula is C17H18O2. The van der Waals surface area contributed by atoms with Gasteiger partial charge in [0.15, 0.2) is 0 Å². The lowest BCUT2D eigenvalue weighted by atomic mass is 10.0. The molecular weight excluding hydrogens is 236 g/mol.